The molecule has 6 nitrogen and oxygen atoms in total. The van der Waals surface area contributed by atoms with Gasteiger partial charge in [0.1, 0.15) is 0 Å². The molecule has 1 aromatic carbocycles. The summed E-state index contributed by atoms with van der Waals surface area (Å²) < 4.78 is 24.1. The van der Waals surface area contributed by atoms with Gasteiger partial charge in [-0.25, -0.2) is 13.1 Å². The number of hydrogen-bond donors (Lipinski definition) is 1. The standard InChI is InChI=1S/C9H12N4O2S/c1-16(14,15)12-7-9-4-2-8(3-5-9)6-11-13-10/h2-5,12H,6-7H2,1H3. The van der Waals surface area contributed by atoms with Crippen LogP contribution in [0.1, 0.15) is 11.1 Å². The van der Waals surface area contributed by atoms with Crippen LogP contribution in [-0.4, -0.2) is 14.7 Å². The SMILES string of the molecule is CS(=O)(=O)NCc1ccc(CN=[N+]=[N-])cc1. The molecule has 0 amide bonds. The first-order valence-electron chi connectivity index (χ1n) is 4.54. The fourth-order valence-corrected chi connectivity index (χ4v) is 1.52. The molecule has 7 heteroatoms. The van der Waals surface area contributed by atoms with Crippen molar-refractivity contribution in [2.24, 2.45) is 5.11 Å². The van der Waals surface area contributed by atoms with E-state index < -0.39 is 10.0 Å². The average Bonchev–Trinajstić information content (AvgIpc) is 2.24. The average molecular weight is 240 g/mol. The second-order valence-electron chi connectivity index (χ2n) is 3.30. The summed E-state index contributed by atoms with van der Waals surface area (Å²) in [6, 6.07) is 7.18. The lowest BCUT2D eigenvalue weighted by Crippen LogP contribution is -2.21. The zero-order valence-electron chi connectivity index (χ0n) is 8.79. The van der Waals surface area contributed by atoms with E-state index in [-0.39, 0.29) is 6.54 Å². The van der Waals surface area contributed by atoms with Gasteiger partial charge in [0.15, 0.2) is 0 Å². The smallest absolute Gasteiger partial charge is 0.209 e. The van der Waals surface area contributed by atoms with E-state index in [0.29, 0.717) is 6.54 Å². The third-order valence-electron chi connectivity index (χ3n) is 1.88. The molecule has 0 saturated heterocycles. The summed E-state index contributed by atoms with van der Waals surface area (Å²) in [7, 11) is -3.16. The third-order valence-corrected chi connectivity index (χ3v) is 2.55. The second kappa shape index (κ2) is 5.50. The largest absolute Gasteiger partial charge is 0.213 e. The van der Waals surface area contributed by atoms with Crippen molar-refractivity contribution in [3.63, 3.8) is 0 Å². The van der Waals surface area contributed by atoms with E-state index in [4.69, 9.17) is 5.53 Å². The lowest BCUT2D eigenvalue weighted by Gasteiger charge is -2.03. The molecule has 0 saturated carbocycles. The molecule has 0 aliphatic rings. The Morgan fingerprint density at radius 1 is 1.31 bits per heavy atom. The van der Waals surface area contributed by atoms with E-state index >= 15 is 0 Å². The zero-order valence-corrected chi connectivity index (χ0v) is 9.61. The van der Waals surface area contributed by atoms with Crippen molar-refractivity contribution in [2.45, 2.75) is 13.1 Å². The van der Waals surface area contributed by atoms with Crippen LogP contribution in [-0.2, 0) is 23.1 Å². The molecule has 0 atom stereocenters. The number of sulfonamides is 1. The molecule has 0 bridgehead atoms. The predicted octanol–water partition coefficient (Wildman–Crippen LogP) is 1.55. The normalized spacial score (nSPS) is 10.8. The van der Waals surface area contributed by atoms with Gasteiger partial charge in [-0.1, -0.05) is 29.4 Å². The summed E-state index contributed by atoms with van der Waals surface area (Å²) in [4.78, 5) is 2.66. The van der Waals surface area contributed by atoms with E-state index in [2.05, 4.69) is 14.7 Å². The van der Waals surface area contributed by atoms with Crippen LogP contribution in [0.15, 0.2) is 29.4 Å². The maximum absolute atomic E-state index is 10.8. The number of nitrogens with zero attached hydrogens (tertiary/aromatic N) is 3. The quantitative estimate of drug-likeness (QED) is 0.480. The molecule has 0 radical (unpaired) electrons. The Hall–Kier alpha value is -1.56. The summed E-state index contributed by atoms with van der Waals surface area (Å²) >= 11 is 0. The summed E-state index contributed by atoms with van der Waals surface area (Å²) in [5.74, 6) is 0. The number of hydrogen-bond acceptors (Lipinski definition) is 3. The van der Waals surface area contributed by atoms with Gasteiger partial charge in [-0.05, 0) is 16.7 Å². The Balaban J connectivity index is 2.61. The monoisotopic (exact) mass is 240 g/mol. The molecule has 1 N–H and O–H groups in total. The number of nitrogens with one attached hydrogen (secondary N) is 1. The predicted molar refractivity (Wildman–Crippen MR) is 61.0 cm³/mol. The summed E-state index contributed by atoms with van der Waals surface area (Å²) in [5, 5.41) is 3.43. The van der Waals surface area contributed by atoms with Gasteiger partial charge in [0.25, 0.3) is 0 Å². The van der Waals surface area contributed by atoms with Gasteiger partial charge in [-0.15, -0.1) is 0 Å². The molecule has 0 spiro atoms. The molecule has 0 aliphatic carbocycles. The number of rotatable bonds is 5. The van der Waals surface area contributed by atoms with Gasteiger partial charge in [-0.3, -0.25) is 0 Å². The van der Waals surface area contributed by atoms with Gasteiger partial charge < -0.3 is 0 Å². The molecular formula is C9H12N4O2S. The van der Waals surface area contributed by atoms with Gasteiger partial charge in [0.05, 0.1) is 12.8 Å². The highest BCUT2D eigenvalue weighted by atomic mass is 32.2. The summed E-state index contributed by atoms with van der Waals surface area (Å²) in [5.41, 5.74) is 9.88. The zero-order chi connectivity index (χ0) is 12.0. The van der Waals surface area contributed by atoms with Crippen molar-refractivity contribution in [2.75, 3.05) is 6.26 Å². The van der Waals surface area contributed by atoms with Crippen LogP contribution in [0.4, 0.5) is 0 Å². The Labute approximate surface area is 94.0 Å². The van der Waals surface area contributed by atoms with Crippen LogP contribution in [0.5, 0.6) is 0 Å². The van der Waals surface area contributed by atoms with Crippen molar-refractivity contribution in [1.82, 2.24) is 4.72 Å². The highest BCUT2D eigenvalue weighted by molar-refractivity contribution is 7.88. The van der Waals surface area contributed by atoms with Crippen molar-refractivity contribution < 1.29 is 8.42 Å². The molecule has 0 aromatic heterocycles. The minimum absolute atomic E-state index is 0.265. The molecule has 1 aromatic rings. The minimum atomic E-state index is -3.16. The summed E-state index contributed by atoms with van der Waals surface area (Å²) in [6.07, 6.45) is 1.11. The fraction of sp³-hybridized carbons (Fsp3) is 0.333. The van der Waals surface area contributed by atoms with E-state index in [1.165, 1.54) is 0 Å². The highest BCUT2D eigenvalue weighted by Gasteiger charge is 2.00. The molecule has 16 heavy (non-hydrogen) atoms. The molecule has 0 aliphatic heterocycles. The van der Waals surface area contributed by atoms with Crippen LogP contribution in [0.2, 0.25) is 0 Å². The van der Waals surface area contributed by atoms with E-state index in [0.717, 1.165) is 17.4 Å². The summed E-state index contributed by atoms with van der Waals surface area (Å²) in [6.45, 7) is 0.566. The van der Waals surface area contributed by atoms with Crippen LogP contribution in [0.25, 0.3) is 10.4 Å². The number of azide groups is 1. The maximum Gasteiger partial charge on any atom is 0.209 e. The first kappa shape index (κ1) is 12.5. The molecule has 0 fully saturated rings. The van der Waals surface area contributed by atoms with E-state index in [1.807, 2.05) is 0 Å². The Morgan fingerprint density at radius 3 is 2.38 bits per heavy atom. The Morgan fingerprint density at radius 2 is 1.88 bits per heavy atom. The van der Waals surface area contributed by atoms with Crippen molar-refractivity contribution >= 4 is 10.0 Å². The van der Waals surface area contributed by atoms with Gasteiger partial charge in [0, 0.05) is 11.5 Å². The Bertz CT molecular complexity index is 489. The van der Waals surface area contributed by atoms with Crippen LogP contribution < -0.4 is 4.72 Å². The fourth-order valence-electron chi connectivity index (χ4n) is 1.09. The third kappa shape index (κ3) is 4.79. The Kier molecular flexibility index (Phi) is 4.30. The molecule has 0 unspecified atom stereocenters. The maximum atomic E-state index is 10.8. The highest BCUT2D eigenvalue weighted by Crippen LogP contribution is 2.05. The molecule has 1 rings (SSSR count). The lowest BCUT2D eigenvalue weighted by molar-refractivity contribution is 0.587. The van der Waals surface area contributed by atoms with Gasteiger partial charge >= 0.3 is 0 Å². The lowest BCUT2D eigenvalue weighted by atomic mass is 10.1. The van der Waals surface area contributed by atoms with Gasteiger partial charge in [-0.2, -0.15) is 0 Å². The number of benzene rings is 1. The van der Waals surface area contributed by atoms with Crippen LogP contribution in [0.3, 0.4) is 0 Å². The first-order chi connectivity index (χ1) is 7.51. The van der Waals surface area contributed by atoms with E-state index in [9.17, 15) is 8.42 Å². The molecule has 86 valence electrons. The first-order valence-corrected chi connectivity index (χ1v) is 6.44. The van der Waals surface area contributed by atoms with Crippen molar-refractivity contribution in [3.8, 4) is 0 Å². The molecule has 0 heterocycles. The second-order valence-corrected chi connectivity index (χ2v) is 5.13. The van der Waals surface area contributed by atoms with E-state index in [1.54, 1.807) is 24.3 Å². The van der Waals surface area contributed by atoms with Crippen molar-refractivity contribution in [1.29, 1.82) is 0 Å². The minimum Gasteiger partial charge on any atom is -0.213 e. The van der Waals surface area contributed by atoms with Crippen molar-refractivity contribution in [3.05, 3.63) is 45.8 Å². The van der Waals surface area contributed by atoms with Crippen LogP contribution >= 0.6 is 0 Å². The topological polar surface area (TPSA) is 94.9 Å². The molecular weight excluding hydrogens is 228 g/mol. The van der Waals surface area contributed by atoms with Gasteiger partial charge in [0.2, 0.25) is 10.0 Å². The van der Waals surface area contributed by atoms with Crippen LogP contribution in [0, 0.1) is 0 Å².